The highest BCUT2D eigenvalue weighted by atomic mass is 16.5. The van der Waals surface area contributed by atoms with Crippen LogP contribution in [0.15, 0.2) is 0 Å². The molecular weight excluding hydrogens is 330 g/mol. The summed E-state index contributed by atoms with van der Waals surface area (Å²) in [6, 6.07) is 0.884. The average Bonchev–Trinajstić information content (AvgIpc) is 3.59. The topological polar surface area (TPSA) is 84.8 Å². The van der Waals surface area contributed by atoms with Crippen molar-refractivity contribution >= 4 is 0 Å². The van der Waals surface area contributed by atoms with Crippen LogP contribution < -0.4 is 0 Å². The molecule has 2 saturated carbocycles. The molecule has 3 heterocycles. The van der Waals surface area contributed by atoms with E-state index in [4.69, 9.17) is 4.74 Å². The number of rotatable bonds is 7. The monoisotopic (exact) mass is 357 g/mol. The van der Waals surface area contributed by atoms with E-state index in [9.17, 15) is 0 Å². The number of hydrogen-bond donors (Lipinski definition) is 1. The zero-order valence-electron chi connectivity index (χ0n) is 15.4. The Kier molecular flexibility index (Phi) is 4.24. The second kappa shape index (κ2) is 6.74. The number of H-pyrrole nitrogens is 1. The lowest BCUT2D eigenvalue weighted by Crippen LogP contribution is -2.34. The Morgan fingerprint density at radius 1 is 1.12 bits per heavy atom. The average molecular weight is 357 g/mol. The van der Waals surface area contributed by atoms with E-state index in [1.165, 1.54) is 44.3 Å². The molecule has 2 aromatic rings. The summed E-state index contributed by atoms with van der Waals surface area (Å²) in [5, 5.41) is 16.6. The van der Waals surface area contributed by atoms with Crippen LogP contribution in [0.25, 0.3) is 0 Å². The van der Waals surface area contributed by atoms with Crippen LogP contribution >= 0.6 is 0 Å². The molecule has 1 saturated heterocycles. The van der Waals surface area contributed by atoms with Crippen molar-refractivity contribution in [1.29, 1.82) is 0 Å². The van der Waals surface area contributed by atoms with Gasteiger partial charge in [-0.2, -0.15) is 5.10 Å². The zero-order valence-corrected chi connectivity index (χ0v) is 15.4. The van der Waals surface area contributed by atoms with Gasteiger partial charge in [0.05, 0.1) is 12.6 Å². The third kappa shape index (κ3) is 3.16. The molecule has 8 nitrogen and oxygen atoms in total. The SMILES string of the molecule is COCc1nc([C@@H]2CCCCN2Cc2nnc(C3CC3)n2C2CC2)n[nH]1. The third-order valence-corrected chi connectivity index (χ3v) is 5.73. The molecule has 0 amide bonds. The summed E-state index contributed by atoms with van der Waals surface area (Å²) < 4.78 is 7.62. The van der Waals surface area contributed by atoms with Crippen LogP contribution in [0.4, 0.5) is 0 Å². The molecule has 3 fully saturated rings. The Bertz CT molecular complexity index is 761. The highest BCUT2D eigenvalue weighted by Crippen LogP contribution is 2.45. The van der Waals surface area contributed by atoms with Gasteiger partial charge in [0.25, 0.3) is 0 Å². The Hall–Kier alpha value is -1.80. The fourth-order valence-corrected chi connectivity index (χ4v) is 4.11. The molecule has 0 aromatic carbocycles. The zero-order chi connectivity index (χ0) is 17.5. The van der Waals surface area contributed by atoms with Gasteiger partial charge in [0, 0.05) is 19.1 Å². The van der Waals surface area contributed by atoms with E-state index in [0.717, 1.165) is 37.0 Å². The predicted octanol–water partition coefficient (Wildman–Crippen LogP) is 2.48. The summed E-state index contributed by atoms with van der Waals surface area (Å²) in [5.41, 5.74) is 0. The van der Waals surface area contributed by atoms with E-state index in [1.807, 2.05) is 0 Å². The summed E-state index contributed by atoms with van der Waals surface area (Å²) in [6.07, 6.45) is 8.63. The molecule has 0 bridgehead atoms. The first kappa shape index (κ1) is 16.4. The van der Waals surface area contributed by atoms with Crippen molar-refractivity contribution in [3.8, 4) is 0 Å². The van der Waals surface area contributed by atoms with E-state index >= 15 is 0 Å². The van der Waals surface area contributed by atoms with Gasteiger partial charge in [-0.05, 0) is 45.1 Å². The van der Waals surface area contributed by atoms with Gasteiger partial charge in [-0.25, -0.2) is 4.98 Å². The Morgan fingerprint density at radius 2 is 2.00 bits per heavy atom. The van der Waals surface area contributed by atoms with Gasteiger partial charge in [0.2, 0.25) is 0 Å². The van der Waals surface area contributed by atoms with Crippen molar-refractivity contribution in [1.82, 2.24) is 34.8 Å². The Balaban J connectivity index is 1.37. The van der Waals surface area contributed by atoms with Crippen LogP contribution in [0.5, 0.6) is 0 Å². The summed E-state index contributed by atoms with van der Waals surface area (Å²) in [7, 11) is 1.68. The quantitative estimate of drug-likeness (QED) is 0.819. The minimum Gasteiger partial charge on any atom is -0.377 e. The van der Waals surface area contributed by atoms with Gasteiger partial charge in [-0.3, -0.25) is 10.00 Å². The van der Waals surface area contributed by atoms with Crippen molar-refractivity contribution in [3.63, 3.8) is 0 Å². The highest BCUT2D eigenvalue weighted by Gasteiger charge is 2.37. The van der Waals surface area contributed by atoms with Crippen LogP contribution in [0, 0.1) is 0 Å². The standard InChI is InChI=1S/C18H27N7O/c1-26-11-15-19-17(22-20-15)14-4-2-3-9-24(14)10-16-21-23-18(12-5-6-12)25(16)13-7-8-13/h12-14H,2-11H2,1H3,(H,19,20,22)/t14-/m0/s1. The van der Waals surface area contributed by atoms with Gasteiger partial charge in [-0.15, -0.1) is 10.2 Å². The first-order valence-corrected chi connectivity index (χ1v) is 9.91. The number of likely N-dealkylation sites (tertiary alicyclic amines) is 1. The molecule has 5 rings (SSSR count). The number of methoxy groups -OCH3 is 1. The lowest BCUT2D eigenvalue weighted by atomic mass is 10.0. The fourth-order valence-electron chi connectivity index (χ4n) is 4.11. The van der Waals surface area contributed by atoms with Crippen LogP contribution in [-0.2, 0) is 17.9 Å². The molecule has 3 aliphatic rings. The predicted molar refractivity (Wildman–Crippen MR) is 94.4 cm³/mol. The number of aromatic nitrogens is 6. The number of piperidine rings is 1. The Labute approximate surface area is 153 Å². The molecular formula is C18H27N7O. The fraction of sp³-hybridized carbons (Fsp3) is 0.778. The number of nitrogens with one attached hydrogen (secondary N) is 1. The Morgan fingerprint density at radius 3 is 2.77 bits per heavy atom. The lowest BCUT2D eigenvalue weighted by molar-refractivity contribution is 0.128. The number of aromatic amines is 1. The molecule has 2 aromatic heterocycles. The van der Waals surface area contributed by atoms with Gasteiger partial charge in [0.1, 0.15) is 18.3 Å². The maximum Gasteiger partial charge on any atom is 0.167 e. The van der Waals surface area contributed by atoms with Crippen molar-refractivity contribution < 1.29 is 4.74 Å². The largest absolute Gasteiger partial charge is 0.377 e. The number of hydrogen-bond acceptors (Lipinski definition) is 6. The third-order valence-electron chi connectivity index (χ3n) is 5.73. The summed E-state index contributed by atoms with van der Waals surface area (Å²) in [6.45, 7) is 2.38. The van der Waals surface area contributed by atoms with Crippen molar-refractivity contribution in [2.24, 2.45) is 0 Å². The van der Waals surface area contributed by atoms with E-state index in [2.05, 4.69) is 34.8 Å². The minimum absolute atomic E-state index is 0.249. The van der Waals surface area contributed by atoms with Gasteiger partial charge in [-0.1, -0.05) is 6.42 Å². The maximum absolute atomic E-state index is 5.16. The number of ether oxygens (including phenoxy) is 1. The molecule has 1 atom stereocenters. The van der Waals surface area contributed by atoms with Crippen LogP contribution in [-0.4, -0.2) is 48.5 Å². The van der Waals surface area contributed by atoms with E-state index < -0.39 is 0 Å². The second-order valence-electron chi connectivity index (χ2n) is 7.91. The first-order valence-electron chi connectivity index (χ1n) is 9.91. The van der Waals surface area contributed by atoms with Gasteiger partial charge in [0.15, 0.2) is 11.6 Å². The number of nitrogens with zero attached hydrogens (tertiary/aromatic N) is 6. The van der Waals surface area contributed by atoms with E-state index in [0.29, 0.717) is 18.6 Å². The molecule has 26 heavy (non-hydrogen) atoms. The van der Waals surface area contributed by atoms with Gasteiger partial charge >= 0.3 is 0 Å². The maximum atomic E-state index is 5.16. The second-order valence-corrected chi connectivity index (χ2v) is 7.91. The van der Waals surface area contributed by atoms with Crippen LogP contribution in [0.3, 0.4) is 0 Å². The molecule has 2 aliphatic carbocycles. The van der Waals surface area contributed by atoms with Crippen molar-refractivity contribution in [2.75, 3.05) is 13.7 Å². The molecule has 1 aliphatic heterocycles. The summed E-state index contributed by atoms with van der Waals surface area (Å²) >= 11 is 0. The lowest BCUT2D eigenvalue weighted by Gasteiger charge is -2.33. The first-order chi connectivity index (χ1) is 12.8. The van der Waals surface area contributed by atoms with E-state index in [-0.39, 0.29) is 6.04 Å². The molecule has 0 spiro atoms. The molecule has 0 radical (unpaired) electrons. The molecule has 0 unspecified atom stereocenters. The van der Waals surface area contributed by atoms with Crippen molar-refractivity contribution in [3.05, 3.63) is 23.3 Å². The molecule has 140 valence electrons. The highest BCUT2D eigenvalue weighted by molar-refractivity contribution is 5.12. The van der Waals surface area contributed by atoms with E-state index in [1.54, 1.807) is 7.11 Å². The summed E-state index contributed by atoms with van der Waals surface area (Å²) in [5.74, 6) is 4.70. The smallest absolute Gasteiger partial charge is 0.167 e. The molecule has 8 heteroatoms. The van der Waals surface area contributed by atoms with Gasteiger partial charge < -0.3 is 9.30 Å². The summed E-state index contributed by atoms with van der Waals surface area (Å²) in [4.78, 5) is 7.14. The normalized spacial score (nSPS) is 24.3. The van der Waals surface area contributed by atoms with Crippen LogP contribution in [0.1, 0.15) is 86.2 Å². The van der Waals surface area contributed by atoms with Crippen LogP contribution in [0.2, 0.25) is 0 Å². The minimum atomic E-state index is 0.249. The van der Waals surface area contributed by atoms with Crippen molar-refractivity contribution in [2.45, 2.75) is 76.1 Å². The molecule has 1 N–H and O–H groups in total.